The van der Waals surface area contributed by atoms with E-state index in [0.717, 1.165) is 17.4 Å². The summed E-state index contributed by atoms with van der Waals surface area (Å²) in [6, 6.07) is 10.7. The second-order valence-corrected chi connectivity index (χ2v) is 4.79. The minimum atomic E-state index is -0.420. The van der Waals surface area contributed by atoms with Crippen LogP contribution in [0, 0.1) is 11.7 Å². The molecule has 1 unspecified atom stereocenters. The standard InChI is InChI=1S/C15H14FN3O/c16-12-5-6-14(18-9-12)19-15(20)11-7-10-3-1-2-4-13(10)17-8-11/h1-6,9,11,17H,7-8H2,(H,18,19,20). The van der Waals surface area contributed by atoms with Crippen LogP contribution in [0.25, 0.3) is 0 Å². The molecule has 2 heterocycles. The lowest BCUT2D eigenvalue weighted by Gasteiger charge is -2.25. The van der Waals surface area contributed by atoms with E-state index in [1.165, 1.54) is 12.1 Å². The molecule has 3 rings (SSSR count). The van der Waals surface area contributed by atoms with Gasteiger partial charge in [-0.3, -0.25) is 4.79 Å². The van der Waals surface area contributed by atoms with E-state index in [9.17, 15) is 9.18 Å². The molecule has 0 saturated heterocycles. The number of pyridine rings is 1. The smallest absolute Gasteiger partial charge is 0.230 e. The fourth-order valence-corrected chi connectivity index (χ4v) is 2.30. The second-order valence-electron chi connectivity index (χ2n) is 4.79. The fraction of sp³-hybridized carbons (Fsp3) is 0.200. The molecule has 1 aromatic carbocycles. The number of hydrogen-bond acceptors (Lipinski definition) is 3. The Morgan fingerprint density at radius 3 is 2.95 bits per heavy atom. The number of aromatic nitrogens is 1. The number of nitrogens with zero attached hydrogens (tertiary/aromatic N) is 1. The molecule has 2 N–H and O–H groups in total. The Hall–Kier alpha value is -2.43. The third kappa shape index (κ3) is 2.61. The second kappa shape index (κ2) is 5.28. The summed E-state index contributed by atoms with van der Waals surface area (Å²) < 4.78 is 12.8. The zero-order valence-electron chi connectivity index (χ0n) is 10.8. The summed E-state index contributed by atoms with van der Waals surface area (Å²) in [5, 5.41) is 5.96. The number of anilines is 2. The molecule has 1 atom stereocenters. The third-order valence-electron chi connectivity index (χ3n) is 3.37. The van der Waals surface area contributed by atoms with Gasteiger partial charge in [0.15, 0.2) is 0 Å². The number of amides is 1. The molecule has 0 bridgehead atoms. The number of nitrogens with one attached hydrogen (secondary N) is 2. The van der Waals surface area contributed by atoms with Gasteiger partial charge in [0.05, 0.1) is 12.1 Å². The van der Waals surface area contributed by atoms with Gasteiger partial charge < -0.3 is 10.6 Å². The SMILES string of the molecule is O=C(Nc1ccc(F)cn1)C1CNc2ccccc2C1. The van der Waals surface area contributed by atoms with Gasteiger partial charge in [0, 0.05) is 12.2 Å². The van der Waals surface area contributed by atoms with Crippen molar-refractivity contribution in [2.75, 3.05) is 17.2 Å². The van der Waals surface area contributed by atoms with Crippen molar-refractivity contribution in [2.45, 2.75) is 6.42 Å². The van der Waals surface area contributed by atoms with Gasteiger partial charge in [0.25, 0.3) is 0 Å². The van der Waals surface area contributed by atoms with Crippen molar-refractivity contribution in [1.29, 1.82) is 0 Å². The van der Waals surface area contributed by atoms with Crippen LogP contribution < -0.4 is 10.6 Å². The number of rotatable bonds is 2. The van der Waals surface area contributed by atoms with Gasteiger partial charge in [-0.25, -0.2) is 9.37 Å². The highest BCUT2D eigenvalue weighted by Gasteiger charge is 2.24. The number of carbonyl (C=O) groups is 1. The highest BCUT2D eigenvalue weighted by molar-refractivity contribution is 5.92. The first kappa shape index (κ1) is 12.6. The fourth-order valence-electron chi connectivity index (χ4n) is 2.30. The van der Waals surface area contributed by atoms with Crippen LogP contribution in [0.4, 0.5) is 15.9 Å². The Morgan fingerprint density at radius 2 is 2.15 bits per heavy atom. The first-order valence-electron chi connectivity index (χ1n) is 6.46. The van der Waals surface area contributed by atoms with Crippen LogP contribution in [-0.4, -0.2) is 17.4 Å². The van der Waals surface area contributed by atoms with Crippen LogP contribution in [-0.2, 0) is 11.2 Å². The summed E-state index contributed by atoms with van der Waals surface area (Å²) in [6.07, 6.45) is 1.78. The molecule has 5 heteroatoms. The van der Waals surface area contributed by atoms with E-state index in [0.29, 0.717) is 18.8 Å². The lowest BCUT2D eigenvalue weighted by atomic mass is 9.93. The lowest BCUT2D eigenvalue weighted by Crippen LogP contribution is -2.33. The zero-order valence-corrected chi connectivity index (χ0v) is 10.8. The Balaban J connectivity index is 1.68. The van der Waals surface area contributed by atoms with Gasteiger partial charge in [0.1, 0.15) is 11.6 Å². The van der Waals surface area contributed by atoms with E-state index >= 15 is 0 Å². The van der Waals surface area contributed by atoms with Gasteiger partial charge in [-0.15, -0.1) is 0 Å². The zero-order chi connectivity index (χ0) is 13.9. The van der Waals surface area contributed by atoms with E-state index < -0.39 is 5.82 Å². The number of para-hydroxylation sites is 1. The maximum atomic E-state index is 12.8. The monoisotopic (exact) mass is 271 g/mol. The first-order chi connectivity index (χ1) is 9.72. The number of carbonyl (C=O) groups excluding carboxylic acids is 1. The molecule has 0 fully saturated rings. The van der Waals surface area contributed by atoms with Gasteiger partial charge in [-0.05, 0) is 30.2 Å². The molecule has 102 valence electrons. The van der Waals surface area contributed by atoms with Crippen LogP contribution in [0.3, 0.4) is 0 Å². The minimum absolute atomic E-state index is 0.105. The van der Waals surface area contributed by atoms with Gasteiger partial charge in [-0.1, -0.05) is 18.2 Å². The summed E-state index contributed by atoms with van der Waals surface area (Å²) in [5.74, 6) is -0.311. The molecule has 1 amide bonds. The molecule has 1 aromatic heterocycles. The van der Waals surface area contributed by atoms with Crippen molar-refractivity contribution >= 4 is 17.4 Å². The summed E-state index contributed by atoms with van der Waals surface area (Å²) in [4.78, 5) is 16.0. The van der Waals surface area contributed by atoms with Gasteiger partial charge >= 0.3 is 0 Å². The number of halogens is 1. The molecule has 0 saturated carbocycles. The van der Waals surface area contributed by atoms with E-state index in [-0.39, 0.29) is 11.8 Å². The Bertz CT molecular complexity index is 627. The Morgan fingerprint density at radius 1 is 1.30 bits per heavy atom. The predicted octanol–water partition coefficient (Wildman–Crippen LogP) is 2.44. The first-order valence-corrected chi connectivity index (χ1v) is 6.46. The molecule has 20 heavy (non-hydrogen) atoms. The summed E-state index contributed by atoms with van der Waals surface area (Å²) >= 11 is 0. The summed E-state index contributed by atoms with van der Waals surface area (Å²) in [6.45, 7) is 0.587. The van der Waals surface area contributed by atoms with Crippen LogP contribution in [0.5, 0.6) is 0 Å². The minimum Gasteiger partial charge on any atom is -0.384 e. The van der Waals surface area contributed by atoms with Crippen LogP contribution in [0.15, 0.2) is 42.6 Å². The summed E-state index contributed by atoms with van der Waals surface area (Å²) in [7, 11) is 0. The van der Waals surface area contributed by atoms with E-state index in [1.54, 1.807) is 0 Å². The molecule has 1 aliphatic heterocycles. The van der Waals surface area contributed by atoms with Crippen LogP contribution in [0.2, 0.25) is 0 Å². The molecule has 0 aliphatic carbocycles. The van der Waals surface area contributed by atoms with Crippen molar-refractivity contribution in [3.05, 3.63) is 54.0 Å². The topological polar surface area (TPSA) is 54.0 Å². The van der Waals surface area contributed by atoms with Crippen molar-refractivity contribution in [3.8, 4) is 0 Å². The quantitative estimate of drug-likeness (QED) is 0.882. The van der Waals surface area contributed by atoms with Crippen molar-refractivity contribution in [2.24, 2.45) is 5.92 Å². The van der Waals surface area contributed by atoms with Crippen molar-refractivity contribution in [3.63, 3.8) is 0 Å². The van der Waals surface area contributed by atoms with E-state index in [1.807, 2.05) is 24.3 Å². The molecule has 0 radical (unpaired) electrons. The van der Waals surface area contributed by atoms with Crippen LogP contribution >= 0.6 is 0 Å². The van der Waals surface area contributed by atoms with Crippen molar-refractivity contribution < 1.29 is 9.18 Å². The molecule has 0 spiro atoms. The Kier molecular flexibility index (Phi) is 3.33. The predicted molar refractivity (Wildman–Crippen MR) is 75.0 cm³/mol. The number of benzene rings is 1. The van der Waals surface area contributed by atoms with Gasteiger partial charge in [0.2, 0.25) is 5.91 Å². The third-order valence-corrected chi connectivity index (χ3v) is 3.37. The lowest BCUT2D eigenvalue weighted by molar-refractivity contribution is -0.119. The normalized spacial score (nSPS) is 16.9. The van der Waals surface area contributed by atoms with Gasteiger partial charge in [-0.2, -0.15) is 0 Å². The van der Waals surface area contributed by atoms with E-state index in [2.05, 4.69) is 15.6 Å². The highest BCUT2D eigenvalue weighted by atomic mass is 19.1. The largest absolute Gasteiger partial charge is 0.384 e. The maximum Gasteiger partial charge on any atom is 0.230 e. The average molecular weight is 271 g/mol. The highest BCUT2D eigenvalue weighted by Crippen LogP contribution is 2.24. The van der Waals surface area contributed by atoms with E-state index in [4.69, 9.17) is 0 Å². The molecular formula is C15H14FN3O. The molecule has 4 nitrogen and oxygen atoms in total. The molecule has 1 aliphatic rings. The maximum absolute atomic E-state index is 12.8. The average Bonchev–Trinajstić information content (AvgIpc) is 2.49. The molecular weight excluding hydrogens is 257 g/mol. The van der Waals surface area contributed by atoms with Crippen LogP contribution in [0.1, 0.15) is 5.56 Å². The number of hydrogen-bond donors (Lipinski definition) is 2. The Labute approximate surface area is 116 Å². The summed E-state index contributed by atoms with van der Waals surface area (Å²) in [5.41, 5.74) is 2.21. The number of fused-ring (bicyclic) bond motifs is 1. The molecule has 2 aromatic rings. The van der Waals surface area contributed by atoms with Crippen molar-refractivity contribution in [1.82, 2.24) is 4.98 Å².